The summed E-state index contributed by atoms with van der Waals surface area (Å²) in [5.74, 6) is -3.26. The van der Waals surface area contributed by atoms with Gasteiger partial charge in [0.2, 0.25) is 17.7 Å². The maximum atomic E-state index is 13.2. The Bertz CT molecular complexity index is 1050. The molecule has 28 heavy (non-hydrogen) atoms. The summed E-state index contributed by atoms with van der Waals surface area (Å²) in [6.45, 7) is -0.228. The van der Waals surface area contributed by atoms with Crippen molar-refractivity contribution in [3.05, 3.63) is 46.5 Å². The standard InChI is InChI=1S/C18H18F2N4O4/c19-18(20)7-5-11(6-8-18)16-22-15(28-23-16)9-21-14(25)10-24-12-3-1-2-4-13(12)27-17(24)26/h1-4,11H,5-10H2,(H,21,25). The highest BCUT2D eigenvalue weighted by Gasteiger charge is 2.36. The van der Waals surface area contributed by atoms with Gasteiger partial charge in [0.1, 0.15) is 6.54 Å². The Balaban J connectivity index is 1.35. The summed E-state index contributed by atoms with van der Waals surface area (Å²) < 4.78 is 37.9. The third-order valence-electron chi connectivity index (χ3n) is 4.88. The van der Waals surface area contributed by atoms with E-state index in [0.29, 0.717) is 29.8 Å². The normalized spacial score (nSPS) is 17.1. The first-order chi connectivity index (χ1) is 13.4. The lowest BCUT2D eigenvalue weighted by atomic mass is 9.86. The number of alkyl halides is 2. The SMILES string of the molecule is O=C(Cn1c(=O)oc2ccccc21)NCc1nc(C2CCC(F)(F)CC2)no1. The number of hydrogen-bond donors (Lipinski definition) is 1. The van der Waals surface area contributed by atoms with Gasteiger partial charge in [0, 0.05) is 18.8 Å². The molecule has 8 nitrogen and oxygen atoms in total. The third kappa shape index (κ3) is 3.80. The van der Waals surface area contributed by atoms with Crippen molar-refractivity contribution in [3.8, 4) is 0 Å². The first kappa shape index (κ1) is 18.3. The van der Waals surface area contributed by atoms with E-state index in [0.717, 1.165) is 0 Å². The molecular formula is C18H18F2N4O4. The minimum atomic E-state index is -2.62. The van der Waals surface area contributed by atoms with Gasteiger partial charge in [-0.3, -0.25) is 9.36 Å². The number of carbonyl (C=O) groups excluding carboxylic acids is 1. The van der Waals surface area contributed by atoms with Crippen molar-refractivity contribution < 1.29 is 22.5 Å². The summed E-state index contributed by atoms with van der Waals surface area (Å²) in [6, 6.07) is 6.81. The molecule has 2 heterocycles. The fourth-order valence-electron chi connectivity index (χ4n) is 3.34. The molecule has 1 amide bonds. The molecule has 0 bridgehead atoms. The number of aromatic nitrogens is 3. The second-order valence-corrected chi connectivity index (χ2v) is 6.88. The molecule has 0 atom stereocenters. The van der Waals surface area contributed by atoms with Crippen LogP contribution in [0.2, 0.25) is 0 Å². The summed E-state index contributed by atoms with van der Waals surface area (Å²) in [4.78, 5) is 28.3. The Kier molecular flexibility index (Phi) is 4.70. The lowest BCUT2D eigenvalue weighted by Gasteiger charge is -2.26. The van der Waals surface area contributed by atoms with E-state index < -0.39 is 17.6 Å². The van der Waals surface area contributed by atoms with Crippen LogP contribution in [-0.2, 0) is 17.9 Å². The van der Waals surface area contributed by atoms with Crippen LogP contribution in [0.3, 0.4) is 0 Å². The highest BCUT2D eigenvalue weighted by Crippen LogP contribution is 2.39. The third-order valence-corrected chi connectivity index (χ3v) is 4.88. The number of benzene rings is 1. The summed E-state index contributed by atoms with van der Waals surface area (Å²) in [5, 5.41) is 6.45. The van der Waals surface area contributed by atoms with Crippen molar-refractivity contribution in [2.45, 2.75) is 50.6 Å². The number of fused-ring (bicyclic) bond motifs is 1. The monoisotopic (exact) mass is 392 g/mol. The maximum absolute atomic E-state index is 13.2. The van der Waals surface area contributed by atoms with E-state index >= 15 is 0 Å². The van der Waals surface area contributed by atoms with Gasteiger partial charge in [-0.2, -0.15) is 4.98 Å². The molecule has 1 fully saturated rings. The predicted molar refractivity (Wildman–Crippen MR) is 92.8 cm³/mol. The van der Waals surface area contributed by atoms with Gasteiger partial charge in [0.15, 0.2) is 11.4 Å². The number of carbonyl (C=O) groups is 1. The molecular weight excluding hydrogens is 374 g/mol. The first-order valence-electron chi connectivity index (χ1n) is 8.97. The van der Waals surface area contributed by atoms with Crippen molar-refractivity contribution >= 4 is 17.0 Å². The molecule has 0 radical (unpaired) electrons. The van der Waals surface area contributed by atoms with Crippen LogP contribution in [0.4, 0.5) is 8.78 Å². The zero-order valence-corrected chi connectivity index (χ0v) is 14.9. The highest BCUT2D eigenvalue weighted by molar-refractivity contribution is 5.79. The molecule has 0 saturated heterocycles. The molecule has 1 aromatic carbocycles. The van der Waals surface area contributed by atoms with Gasteiger partial charge in [-0.1, -0.05) is 17.3 Å². The smallest absolute Gasteiger partial charge is 0.408 e. The molecule has 0 spiro atoms. The molecule has 1 saturated carbocycles. The Morgan fingerprint density at radius 1 is 1.29 bits per heavy atom. The van der Waals surface area contributed by atoms with E-state index in [4.69, 9.17) is 8.94 Å². The predicted octanol–water partition coefficient (Wildman–Crippen LogP) is 2.59. The molecule has 2 aromatic heterocycles. The molecule has 0 aliphatic heterocycles. The number of nitrogens with zero attached hydrogens (tertiary/aromatic N) is 3. The number of nitrogens with one attached hydrogen (secondary N) is 1. The minimum absolute atomic E-state index is 0.0146. The van der Waals surface area contributed by atoms with Gasteiger partial charge in [0.05, 0.1) is 12.1 Å². The van der Waals surface area contributed by atoms with Crippen LogP contribution in [0.5, 0.6) is 0 Å². The molecule has 0 unspecified atom stereocenters. The van der Waals surface area contributed by atoms with Crippen LogP contribution >= 0.6 is 0 Å². The largest absolute Gasteiger partial charge is 0.420 e. The quantitative estimate of drug-likeness (QED) is 0.716. The van der Waals surface area contributed by atoms with Crippen molar-refractivity contribution in [1.29, 1.82) is 0 Å². The number of oxazole rings is 1. The van der Waals surface area contributed by atoms with E-state index in [1.165, 1.54) is 4.57 Å². The van der Waals surface area contributed by atoms with Crippen molar-refractivity contribution in [2.75, 3.05) is 0 Å². The van der Waals surface area contributed by atoms with Crippen molar-refractivity contribution in [3.63, 3.8) is 0 Å². The van der Waals surface area contributed by atoms with Crippen LogP contribution in [0.1, 0.15) is 43.3 Å². The Morgan fingerprint density at radius 3 is 2.82 bits per heavy atom. The van der Waals surface area contributed by atoms with Gasteiger partial charge in [-0.25, -0.2) is 13.6 Å². The molecule has 148 valence electrons. The average molecular weight is 392 g/mol. The van der Waals surface area contributed by atoms with Gasteiger partial charge >= 0.3 is 5.76 Å². The van der Waals surface area contributed by atoms with Crippen molar-refractivity contribution in [2.24, 2.45) is 0 Å². The van der Waals surface area contributed by atoms with Gasteiger partial charge in [-0.05, 0) is 25.0 Å². The van der Waals surface area contributed by atoms with E-state index in [-0.39, 0.29) is 37.7 Å². The fourth-order valence-corrected chi connectivity index (χ4v) is 3.34. The topological polar surface area (TPSA) is 103 Å². The van der Waals surface area contributed by atoms with Gasteiger partial charge in [0.25, 0.3) is 0 Å². The molecule has 4 rings (SSSR count). The van der Waals surface area contributed by atoms with Gasteiger partial charge in [-0.15, -0.1) is 0 Å². The number of amides is 1. The average Bonchev–Trinajstić information content (AvgIpc) is 3.25. The Morgan fingerprint density at radius 2 is 2.04 bits per heavy atom. The zero-order valence-electron chi connectivity index (χ0n) is 14.9. The maximum Gasteiger partial charge on any atom is 0.420 e. The Labute approximate surface area is 157 Å². The Hall–Kier alpha value is -3.04. The lowest BCUT2D eigenvalue weighted by molar-refractivity contribution is -0.122. The molecule has 1 aliphatic rings. The molecule has 1 N–H and O–H groups in total. The highest BCUT2D eigenvalue weighted by atomic mass is 19.3. The summed E-state index contributed by atoms with van der Waals surface area (Å²) in [5.41, 5.74) is 0.928. The second kappa shape index (κ2) is 7.17. The van der Waals surface area contributed by atoms with Crippen LogP contribution in [0, 0.1) is 0 Å². The van der Waals surface area contributed by atoms with E-state index in [1.54, 1.807) is 24.3 Å². The molecule has 10 heteroatoms. The van der Waals surface area contributed by atoms with Crippen molar-refractivity contribution in [1.82, 2.24) is 20.0 Å². The molecule has 1 aliphatic carbocycles. The van der Waals surface area contributed by atoms with Crippen LogP contribution in [-0.4, -0.2) is 26.5 Å². The number of hydrogen-bond acceptors (Lipinski definition) is 6. The first-order valence-corrected chi connectivity index (χ1v) is 8.97. The summed E-state index contributed by atoms with van der Waals surface area (Å²) in [7, 11) is 0. The fraction of sp³-hybridized carbons (Fsp3) is 0.444. The van der Waals surface area contributed by atoms with E-state index in [9.17, 15) is 18.4 Å². The van der Waals surface area contributed by atoms with E-state index in [1.807, 2.05) is 0 Å². The number of para-hydroxylation sites is 2. The summed E-state index contributed by atoms with van der Waals surface area (Å²) in [6.07, 6.45) is 0.223. The zero-order chi connectivity index (χ0) is 19.7. The minimum Gasteiger partial charge on any atom is -0.408 e. The van der Waals surface area contributed by atoms with Gasteiger partial charge < -0.3 is 14.3 Å². The van der Waals surface area contributed by atoms with Crippen LogP contribution in [0.15, 0.2) is 38.0 Å². The number of rotatable bonds is 5. The van der Waals surface area contributed by atoms with E-state index in [2.05, 4.69) is 15.5 Å². The number of halogens is 2. The lowest BCUT2D eigenvalue weighted by Crippen LogP contribution is -2.30. The molecule has 3 aromatic rings. The second-order valence-electron chi connectivity index (χ2n) is 6.88. The van der Waals surface area contributed by atoms with Crippen LogP contribution in [0.25, 0.3) is 11.1 Å². The van der Waals surface area contributed by atoms with Crippen LogP contribution < -0.4 is 11.1 Å². The summed E-state index contributed by atoms with van der Waals surface area (Å²) >= 11 is 0.